The first-order valence-electron chi connectivity index (χ1n) is 8.49. The summed E-state index contributed by atoms with van der Waals surface area (Å²) in [6.07, 6.45) is 3.38. The second kappa shape index (κ2) is 6.69. The third-order valence-corrected chi connectivity index (χ3v) is 5.58. The number of rotatable bonds is 2. The van der Waals surface area contributed by atoms with Crippen LogP contribution in [0.25, 0.3) is 11.4 Å². The number of halogens is 2. The fourth-order valence-corrected chi connectivity index (χ4v) is 3.75. The lowest BCUT2D eigenvalue weighted by Gasteiger charge is -2.20. The van der Waals surface area contributed by atoms with Crippen LogP contribution in [0.3, 0.4) is 0 Å². The molecular weight excluding hydrogens is 440 g/mol. The predicted molar refractivity (Wildman–Crippen MR) is 112 cm³/mol. The van der Waals surface area contributed by atoms with Crippen molar-refractivity contribution in [1.82, 2.24) is 9.97 Å². The molecule has 0 N–H and O–H groups in total. The number of anilines is 2. The molecule has 0 saturated heterocycles. The first kappa shape index (κ1) is 18.6. The third-order valence-electron chi connectivity index (χ3n) is 4.86. The van der Waals surface area contributed by atoms with E-state index in [2.05, 4.69) is 25.9 Å². The fourth-order valence-electron chi connectivity index (χ4n) is 3.33. The number of amides is 1. The van der Waals surface area contributed by atoms with Crippen molar-refractivity contribution < 1.29 is 4.79 Å². The lowest BCUT2D eigenvalue weighted by atomic mass is 9.85. The van der Waals surface area contributed by atoms with Crippen molar-refractivity contribution in [2.45, 2.75) is 19.3 Å². The third kappa shape index (κ3) is 2.88. The quantitative estimate of drug-likeness (QED) is 0.522. The zero-order valence-electron chi connectivity index (χ0n) is 15.1. The number of benzene rings is 2. The van der Waals surface area contributed by atoms with Gasteiger partial charge in [-0.1, -0.05) is 11.6 Å². The molecule has 2 heterocycles. The van der Waals surface area contributed by atoms with Crippen LogP contribution in [-0.4, -0.2) is 15.9 Å². The van der Waals surface area contributed by atoms with E-state index in [9.17, 15) is 4.79 Å². The van der Waals surface area contributed by atoms with Crippen molar-refractivity contribution in [2.75, 3.05) is 4.90 Å². The van der Waals surface area contributed by atoms with Gasteiger partial charge in [0, 0.05) is 18.0 Å². The highest BCUT2D eigenvalue weighted by atomic mass is 79.9. The van der Waals surface area contributed by atoms with E-state index < -0.39 is 5.41 Å². The molecule has 2 aromatic carbocycles. The molecule has 7 heteroatoms. The molecule has 138 valence electrons. The Hall–Kier alpha value is -2.75. The molecule has 0 bridgehead atoms. The van der Waals surface area contributed by atoms with Gasteiger partial charge >= 0.3 is 0 Å². The van der Waals surface area contributed by atoms with Crippen LogP contribution in [0, 0.1) is 11.3 Å². The van der Waals surface area contributed by atoms with Crippen LogP contribution in [-0.2, 0) is 10.2 Å². The molecule has 3 aromatic rings. The second-order valence-electron chi connectivity index (χ2n) is 7.00. The first-order chi connectivity index (χ1) is 13.3. The van der Waals surface area contributed by atoms with Crippen molar-refractivity contribution >= 4 is 44.8 Å². The minimum Gasteiger partial charge on any atom is -0.280 e. The zero-order chi connectivity index (χ0) is 20.1. The Kier molecular flexibility index (Phi) is 4.45. The van der Waals surface area contributed by atoms with Gasteiger partial charge in [-0.25, -0.2) is 9.97 Å². The van der Waals surface area contributed by atoms with Gasteiger partial charge in [-0.3, -0.25) is 9.69 Å². The van der Waals surface area contributed by atoms with Gasteiger partial charge in [-0.05, 0) is 71.7 Å². The summed E-state index contributed by atoms with van der Waals surface area (Å²) in [7, 11) is 0. The summed E-state index contributed by atoms with van der Waals surface area (Å²) in [5, 5.41) is 9.41. The van der Waals surface area contributed by atoms with Gasteiger partial charge in [0.05, 0.1) is 31.8 Å². The van der Waals surface area contributed by atoms with Gasteiger partial charge in [0.1, 0.15) is 6.07 Å². The van der Waals surface area contributed by atoms with Gasteiger partial charge in [0.15, 0.2) is 5.82 Å². The molecule has 0 radical (unpaired) electrons. The van der Waals surface area contributed by atoms with Crippen molar-refractivity contribution in [3.05, 3.63) is 69.4 Å². The zero-order valence-corrected chi connectivity index (χ0v) is 17.4. The number of carbonyl (C=O) groups is 1. The number of carbonyl (C=O) groups excluding carboxylic acids is 1. The lowest BCUT2D eigenvalue weighted by Crippen LogP contribution is -2.33. The van der Waals surface area contributed by atoms with E-state index in [-0.39, 0.29) is 5.91 Å². The smallest absolute Gasteiger partial charge is 0.241 e. The molecule has 0 aliphatic carbocycles. The van der Waals surface area contributed by atoms with Gasteiger partial charge in [0.25, 0.3) is 0 Å². The average Bonchev–Trinajstić information content (AvgIpc) is 2.88. The number of nitriles is 1. The number of nitrogens with zero attached hydrogens (tertiary/aromatic N) is 4. The van der Waals surface area contributed by atoms with E-state index in [4.69, 9.17) is 16.9 Å². The molecule has 1 aliphatic heterocycles. The molecular formula is C21H14BrClN4O. The summed E-state index contributed by atoms with van der Waals surface area (Å²) in [5.74, 6) is 0.534. The molecule has 1 aliphatic rings. The van der Waals surface area contributed by atoms with Crippen molar-refractivity contribution in [2.24, 2.45) is 0 Å². The van der Waals surface area contributed by atoms with Crippen LogP contribution in [0.4, 0.5) is 11.4 Å². The molecule has 5 nitrogen and oxygen atoms in total. The predicted octanol–water partition coefficient (Wildman–Crippen LogP) is 5.39. The lowest BCUT2D eigenvalue weighted by molar-refractivity contribution is -0.121. The Bertz CT molecular complexity index is 1150. The molecule has 4 rings (SSSR count). The molecule has 0 spiro atoms. The highest BCUT2D eigenvalue weighted by molar-refractivity contribution is 9.10. The van der Waals surface area contributed by atoms with Gasteiger partial charge in [-0.15, -0.1) is 0 Å². The van der Waals surface area contributed by atoms with Crippen LogP contribution in [0.5, 0.6) is 0 Å². The molecule has 0 atom stereocenters. The summed E-state index contributed by atoms with van der Waals surface area (Å²) in [4.78, 5) is 23.6. The Balaban J connectivity index is 1.84. The summed E-state index contributed by atoms with van der Waals surface area (Å²) >= 11 is 9.53. The van der Waals surface area contributed by atoms with Crippen LogP contribution >= 0.6 is 27.5 Å². The van der Waals surface area contributed by atoms with Crippen molar-refractivity contribution in [1.29, 1.82) is 5.26 Å². The van der Waals surface area contributed by atoms with E-state index >= 15 is 0 Å². The Morgan fingerprint density at radius 1 is 1.14 bits per heavy atom. The molecule has 1 amide bonds. The summed E-state index contributed by atoms with van der Waals surface area (Å²) < 4.78 is 0.803. The Labute approximate surface area is 175 Å². The number of fused-ring (bicyclic) bond motifs is 1. The highest BCUT2D eigenvalue weighted by Gasteiger charge is 2.44. The van der Waals surface area contributed by atoms with Gasteiger partial charge < -0.3 is 0 Å². The number of hydrogen-bond acceptors (Lipinski definition) is 4. The molecule has 28 heavy (non-hydrogen) atoms. The molecule has 0 unspecified atom stereocenters. The Morgan fingerprint density at radius 2 is 1.86 bits per heavy atom. The SMILES string of the molecule is CC1(C)C(=O)N(c2ccc(C#N)c(Cl)c2)c2ccc(-c3ncc(Br)cn3)cc21. The summed E-state index contributed by atoms with van der Waals surface area (Å²) in [6, 6.07) is 12.8. The van der Waals surface area contributed by atoms with Gasteiger partial charge in [-0.2, -0.15) is 5.26 Å². The van der Waals surface area contributed by atoms with E-state index in [1.54, 1.807) is 35.5 Å². The van der Waals surface area contributed by atoms with Crippen LogP contribution in [0.15, 0.2) is 53.3 Å². The largest absolute Gasteiger partial charge is 0.280 e. The molecule has 1 aromatic heterocycles. The highest BCUT2D eigenvalue weighted by Crippen LogP contribution is 2.46. The Morgan fingerprint density at radius 3 is 2.50 bits per heavy atom. The van der Waals surface area contributed by atoms with Gasteiger partial charge in [0.2, 0.25) is 5.91 Å². The van der Waals surface area contributed by atoms with Crippen LogP contribution in [0.2, 0.25) is 5.02 Å². The maximum Gasteiger partial charge on any atom is 0.241 e. The molecule has 0 fully saturated rings. The number of hydrogen-bond donors (Lipinski definition) is 0. The second-order valence-corrected chi connectivity index (χ2v) is 8.32. The monoisotopic (exact) mass is 452 g/mol. The van der Waals surface area contributed by atoms with Crippen molar-refractivity contribution in [3.63, 3.8) is 0 Å². The summed E-state index contributed by atoms with van der Waals surface area (Å²) in [6.45, 7) is 3.79. The van der Waals surface area contributed by atoms with Crippen LogP contribution < -0.4 is 4.90 Å². The van der Waals surface area contributed by atoms with Crippen LogP contribution in [0.1, 0.15) is 25.0 Å². The average molecular weight is 454 g/mol. The first-order valence-corrected chi connectivity index (χ1v) is 9.66. The van der Waals surface area contributed by atoms with Crippen molar-refractivity contribution in [3.8, 4) is 17.5 Å². The molecule has 0 saturated carbocycles. The van der Waals surface area contributed by atoms with E-state index in [1.165, 1.54) is 0 Å². The topological polar surface area (TPSA) is 69.9 Å². The maximum absolute atomic E-state index is 13.2. The van der Waals surface area contributed by atoms with E-state index in [0.717, 1.165) is 21.3 Å². The normalized spacial score (nSPS) is 14.7. The minimum absolute atomic E-state index is 0.0582. The standard InChI is InChI=1S/C21H14BrClN4O/c1-21(2)16-7-12(19-25-10-14(22)11-26-19)4-6-18(16)27(20(21)28)15-5-3-13(9-24)17(23)8-15/h3-8,10-11H,1-2H3. The number of aromatic nitrogens is 2. The summed E-state index contributed by atoms with van der Waals surface area (Å²) in [5.41, 5.74) is 2.80. The maximum atomic E-state index is 13.2. The van der Waals surface area contributed by atoms with E-state index in [0.29, 0.717) is 22.1 Å². The fraction of sp³-hybridized carbons (Fsp3) is 0.143. The minimum atomic E-state index is -0.721. The van der Waals surface area contributed by atoms with E-state index in [1.807, 2.05) is 38.1 Å².